The maximum absolute atomic E-state index is 6.43. The van der Waals surface area contributed by atoms with Gasteiger partial charge in [0.2, 0.25) is 0 Å². The minimum atomic E-state index is 0.353. The predicted molar refractivity (Wildman–Crippen MR) is 80.9 cm³/mol. The molecule has 1 aromatic rings. The Bertz CT molecular complexity index is 417. The van der Waals surface area contributed by atoms with Gasteiger partial charge in [-0.3, -0.25) is 0 Å². The topological polar surface area (TPSA) is 21.3 Å². The van der Waals surface area contributed by atoms with Gasteiger partial charge in [-0.05, 0) is 55.3 Å². The van der Waals surface area contributed by atoms with Crippen LogP contribution in [0.5, 0.6) is 5.75 Å². The second-order valence-electron chi connectivity index (χ2n) is 5.52. The monoisotopic (exact) mass is 281 g/mol. The fourth-order valence-corrected chi connectivity index (χ4v) is 2.95. The first kappa shape index (κ1) is 14.7. The molecule has 0 aromatic heterocycles. The molecule has 19 heavy (non-hydrogen) atoms. The summed E-state index contributed by atoms with van der Waals surface area (Å²) in [4.78, 5) is 0. The number of halogens is 1. The zero-order chi connectivity index (χ0) is 13.8. The summed E-state index contributed by atoms with van der Waals surface area (Å²) >= 11 is 6.43. The Morgan fingerprint density at radius 2 is 2.16 bits per heavy atom. The average Bonchev–Trinajstić information content (AvgIpc) is 3.24. The quantitative estimate of drug-likeness (QED) is 0.798. The molecule has 3 heteroatoms. The van der Waals surface area contributed by atoms with Crippen LogP contribution in [0.15, 0.2) is 18.2 Å². The Balaban J connectivity index is 2.20. The summed E-state index contributed by atoms with van der Waals surface area (Å²) in [6, 6.07) is 6.37. The van der Waals surface area contributed by atoms with Crippen molar-refractivity contribution < 1.29 is 4.74 Å². The summed E-state index contributed by atoms with van der Waals surface area (Å²) in [6.07, 6.45) is 3.86. The highest BCUT2D eigenvalue weighted by molar-refractivity contribution is 6.31. The molecule has 0 heterocycles. The summed E-state index contributed by atoms with van der Waals surface area (Å²) in [6.45, 7) is 5.57. The van der Waals surface area contributed by atoms with Crippen molar-refractivity contribution >= 4 is 11.6 Å². The second-order valence-corrected chi connectivity index (χ2v) is 5.92. The molecule has 0 saturated heterocycles. The minimum Gasteiger partial charge on any atom is -0.497 e. The summed E-state index contributed by atoms with van der Waals surface area (Å²) in [5.74, 6) is 2.31. The lowest BCUT2D eigenvalue weighted by molar-refractivity contribution is 0.349. The zero-order valence-corrected chi connectivity index (χ0v) is 12.8. The highest BCUT2D eigenvalue weighted by Crippen LogP contribution is 2.44. The number of ether oxygens (including phenoxy) is 1. The molecule has 2 atom stereocenters. The van der Waals surface area contributed by atoms with Gasteiger partial charge in [0.1, 0.15) is 5.75 Å². The van der Waals surface area contributed by atoms with Crippen LogP contribution >= 0.6 is 11.6 Å². The number of methoxy groups -OCH3 is 1. The van der Waals surface area contributed by atoms with E-state index in [1.54, 1.807) is 7.11 Å². The molecule has 0 spiro atoms. The third-order valence-corrected chi connectivity index (χ3v) is 4.38. The van der Waals surface area contributed by atoms with Gasteiger partial charge >= 0.3 is 0 Å². The molecule has 1 fully saturated rings. The Morgan fingerprint density at radius 1 is 1.42 bits per heavy atom. The molecule has 2 unspecified atom stereocenters. The molecule has 1 aromatic carbocycles. The van der Waals surface area contributed by atoms with E-state index in [0.717, 1.165) is 29.7 Å². The molecule has 1 N–H and O–H groups in total. The van der Waals surface area contributed by atoms with Crippen LogP contribution in [0, 0.1) is 11.8 Å². The van der Waals surface area contributed by atoms with Gasteiger partial charge < -0.3 is 10.1 Å². The molecule has 0 bridgehead atoms. The molecule has 2 nitrogen and oxygen atoms in total. The highest BCUT2D eigenvalue weighted by Gasteiger charge is 2.34. The molecular weight excluding hydrogens is 258 g/mol. The first-order chi connectivity index (χ1) is 9.17. The van der Waals surface area contributed by atoms with Gasteiger partial charge in [-0.2, -0.15) is 0 Å². The molecule has 1 aliphatic carbocycles. The Morgan fingerprint density at radius 3 is 2.68 bits per heavy atom. The standard InChI is InChI=1S/C16H24ClNO/c1-4-9-18-16(11(2)12-5-6-12)14-8-7-13(19-3)10-15(14)17/h7-8,10-12,16,18H,4-6,9H2,1-3H3. The lowest BCUT2D eigenvalue weighted by atomic mass is 9.90. The zero-order valence-electron chi connectivity index (χ0n) is 12.1. The Labute approximate surface area is 121 Å². The fraction of sp³-hybridized carbons (Fsp3) is 0.625. The molecule has 106 valence electrons. The van der Waals surface area contributed by atoms with Crippen molar-refractivity contribution in [1.29, 1.82) is 0 Å². The van der Waals surface area contributed by atoms with Gasteiger partial charge in [0, 0.05) is 11.1 Å². The van der Waals surface area contributed by atoms with Crippen molar-refractivity contribution in [1.82, 2.24) is 5.32 Å². The highest BCUT2D eigenvalue weighted by atomic mass is 35.5. The van der Waals surface area contributed by atoms with Crippen LogP contribution in [-0.4, -0.2) is 13.7 Å². The van der Waals surface area contributed by atoms with Gasteiger partial charge in [0.25, 0.3) is 0 Å². The molecule has 0 aliphatic heterocycles. The van der Waals surface area contributed by atoms with Crippen molar-refractivity contribution in [3.05, 3.63) is 28.8 Å². The van der Waals surface area contributed by atoms with E-state index in [9.17, 15) is 0 Å². The van der Waals surface area contributed by atoms with Gasteiger partial charge in [-0.15, -0.1) is 0 Å². The molecule has 1 aliphatic rings. The van der Waals surface area contributed by atoms with Crippen LogP contribution < -0.4 is 10.1 Å². The second kappa shape index (κ2) is 6.62. The van der Waals surface area contributed by atoms with E-state index in [-0.39, 0.29) is 0 Å². The van der Waals surface area contributed by atoms with Gasteiger partial charge in [0.15, 0.2) is 0 Å². The number of nitrogens with one attached hydrogen (secondary N) is 1. The van der Waals surface area contributed by atoms with E-state index < -0.39 is 0 Å². The van der Waals surface area contributed by atoms with Crippen LogP contribution in [0.1, 0.15) is 44.7 Å². The first-order valence-electron chi connectivity index (χ1n) is 7.24. The summed E-state index contributed by atoms with van der Waals surface area (Å²) in [7, 11) is 1.67. The predicted octanol–water partition coefficient (Wildman–Crippen LogP) is 4.44. The van der Waals surface area contributed by atoms with Crippen molar-refractivity contribution in [2.75, 3.05) is 13.7 Å². The van der Waals surface area contributed by atoms with E-state index in [2.05, 4.69) is 25.2 Å². The lowest BCUT2D eigenvalue weighted by Gasteiger charge is -2.26. The SMILES string of the molecule is CCCNC(c1ccc(OC)cc1Cl)C(C)C1CC1. The van der Waals surface area contributed by atoms with Crippen molar-refractivity contribution in [2.24, 2.45) is 11.8 Å². The van der Waals surface area contributed by atoms with E-state index in [0.29, 0.717) is 12.0 Å². The van der Waals surface area contributed by atoms with Gasteiger partial charge in [0.05, 0.1) is 7.11 Å². The van der Waals surface area contributed by atoms with Crippen LogP contribution in [0.2, 0.25) is 5.02 Å². The van der Waals surface area contributed by atoms with Crippen molar-refractivity contribution in [2.45, 2.75) is 39.2 Å². The molecule has 0 amide bonds. The van der Waals surface area contributed by atoms with Crippen molar-refractivity contribution in [3.63, 3.8) is 0 Å². The van der Waals surface area contributed by atoms with Gasteiger partial charge in [-0.1, -0.05) is 31.5 Å². The largest absolute Gasteiger partial charge is 0.497 e. The minimum absolute atomic E-state index is 0.353. The maximum Gasteiger partial charge on any atom is 0.120 e. The van der Waals surface area contributed by atoms with Crippen molar-refractivity contribution in [3.8, 4) is 5.75 Å². The van der Waals surface area contributed by atoms with E-state index in [4.69, 9.17) is 16.3 Å². The van der Waals surface area contributed by atoms with Gasteiger partial charge in [-0.25, -0.2) is 0 Å². The third kappa shape index (κ3) is 3.64. The van der Waals surface area contributed by atoms with E-state index >= 15 is 0 Å². The lowest BCUT2D eigenvalue weighted by Crippen LogP contribution is -2.29. The Kier molecular flexibility index (Phi) is 5.12. The smallest absolute Gasteiger partial charge is 0.120 e. The number of hydrogen-bond donors (Lipinski definition) is 1. The number of benzene rings is 1. The van der Waals surface area contributed by atoms with Crippen LogP contribution in [0.4, 0.5) is 0 Å². The first-order valence-corrected chi connectivity index (χ1v) is 7.62. The molecule has 2 rings (SSSR count). The van der Waals surface area contributed by atoms with Crippen LogP contribution in [0.3, 0.4) is 0 Å². The summed E-state index contributed by atoms with van der Waals surface area (Å²) in [5, 5.41) is 4.47. The van der Waals surface area contributed by atoms with E-state index in [1.165, 1.54) is 18.4 Å². The summed E-state index contributed by atoms with van der Waals surface area (Å²) < 4.78 is 5.23. The fourth-order valence-electron chi connectivity index (χ4n) is 2.66. The number of hydrogen-bond acceptors (Lipinski definition) is 2. The maximum atomic E-state index is 6.43. The van der Waals surface area contributed by atoms with Crippen LogP contribution in [0.25, 0.3) is 0 Å². The molecule has 1 saturated carbocycles. The van der Waals surface area contributed by atoms with Crippen LogP contribution in [-0.2, 0) is 0 Å². The summed E-state index contributed by atoms with van der Waals surface area (Å²) in [5.41, 5.74) is 1.20. The molecule has 0 radical (unpaired) electrons. The normalized spacial score (nSPS) is 18.1. The average molecular weight is 282 g/mol. The molecular formula is C16H24ClNO. The Hall–Kier alpha value is -0.730. The number of rotatable bonds is 7. The third-order valence-electron chi connectivity index (χ3n) is 4.05. The van der Waals surface area contributed by atoms with E-state index in [1.807, 2.05) is 12.1 Å².